The number of likely N-dealkylation sites (N-methyl/N-ethyl adjacent to an activating group) is 1. The first-order valence-corrected chi connectivity index (χ1v) is 9.78. The number of benzene rings is 2. The molecule has 2 aromatic rings. The molecule has 1 N–H and O–H groups in total. The number of halogens is 3. The minimum absolute atomic E-state index is 0.0500. The zero-order valence-corrected chi connectivity index (χ0v) is 17.6. The van der Waals surface area contributed by atoms with E-state index in [2.05, 4.69) is 5.32 Å². The lowest BCUT2D eigenvalue weighted by Gasteiger charge is -2.14. The van der Waals surface area contributed by atoms with Gasteiger partial charge in [-0.25, -0.2) is 4.79 Å². The predicted octanol–water partition coefficient (Wildman–Crippen LogP) is 4.20. The second-order valence-electron chi connectivity index (χ2n) is 6.91. The van der Waals surface area contributed by atoms with Gasteiger partial charge in [-0.3, -0.25) is 0 Å². The summed E-state index contributed by atoms with van der Waals surface area (Å²) in [4.78, 5) is 14.4. The van der Waals surface area contributed by atoms with E-state index in [0.717, 1.165) is 18.7 Å². The Kier molecular flexibility index (Phi) is 9.77. The number of rotatable bonds is 12. The van der Waals surface area contributed by atoms with E-state index >= 15 is 0 Å². The van der Waals surface area contributed by atoms with Gasteiger partial charge in [-0.05, 0) is 44.4 Å². The first kappa shape index (κ1) is 24.6. The number of hydrogen-bond acceptors (Lipinski definition) is 6. The van der Waals surface area contributed by atoms with Crippen LogP contribution in [0.1, 0.15) is 15.9 Å². The van der Waals surface area contributed by atoms with Crippen LogP contribution in [0.15, 0.2) is 48.5 Å². The molecule has 0 radical (unpaired) electrons. The molecule has 0 atom stereocenters. The summed E-state index contributed by atoms with van der Waals surface area (Å²) in [6.07, 6.45) is -4.45. The fourth-order valence-corrected chi connectivity index (χ4v) is 2.54. The second kappa shape index (κ2) is 12.3. The number of anilines is 2. The van der Waals surface area contributed by atoms with Crippen molar-refractivity contribution in [2.45, 2.75) is 6.18 Å². The third-order valence-corrected chi connectivity index (χ3v) is 4.13. The molecule has 0 unspecified atom stereocenters. The number of esters is 1. The first-order chi connectivity index (χ1) is 14.8. The van der Waals surface area contributed by atoms with Crippen LogP contribution < -0.4 is 5.32 Å². The lowest BCUT2D eigenvalue weighted by molar-refractivity contribution is -0.137. The van der Waals surface area contributed by atoms with Crippen molar-refractivity contribution in [2.24, 2.45) is 0 Å². The number of carbonyl (C=O) groups excluding carboxylic acids is 1. The van der Waals surface area contributed by atoms with Crippen molar-refractivity contribution < 1.29 is 32.2 Å². The largest absolute Gasteiger partial charge is 0.460 e. The standard InChI is InChI=1S/C22H27F3N2O4/c1-27(2)10-11-29-12-13-30-14-15-31-21(28)19-8-3-4-9-20(19)26-18-7-5-6-17(16-18)22(23,24)25/h3-9,16,26H,10-15H2,1-2H3. The van der Waals surface area contributed by atoms with E-state index in [4.69, 9.17) is 14.2 Å². The van der Waals surface area contributed by atoms with E-state index in [-0.39, 0.29) is 24.5 Å². The molecule has 0 spiro atoms. The van der Waals surface area contributed by atoms with E-state index in [9.17, 15) is 18.0 Å². The monoisotopic (exact) mass is 440 g/mol. The van der Waals surface area contributed by atoms with Crippen LogP contribution in [0, 0.1) is 0 Å². The van der Waals surface area contributed by atoms with Crippen LogP contribution in [0.4, 0.5) is 24.5 Å². The Labute approximate surface area is 179 Å². The van der Waals surface area contributed by atoms with Crippen LogP contribution in [0.3, 0.4) is 0 Å². The fraction of sp³-hybridized carbons (Fsp3) is 0.409. The Morgan fingerprint density at radius 2 is 1.61 bits per heavy atom. The molecule has 0 amide bonds. The summed E-state index contributed by atoms with van der Waals surface area (Å²) in [5.41, 5.74) is 0.00189. The van der Waals surface area contributed by atoms with Gasteiger partial charge in [-0.2, -0.15) is 13.2 Å². The van der Waals surface area contributed by atoms with Gasteiger partial charge < -0.3 is 24.4 Å². The molecule has 31 heavy (non-hydrogen) atoms. The molecule has 0 saturated carbocycles. The summed E-state index contributed by atoms with van der Waals surface area (Å²) >= 11 is 0. The maximum absolute atomic E-state index is 12.9. The van der Waals surface area contributed by atoms with E-state index < -0.39 is 17.7 Å². The molecule has 0 aliphatic rings. The number of nitrogens with zero attached hydrogens (tertiary/aromatic N) is 1. The van der Waals surface area contributed by atoms with Crippen LogP contribution in [-0.4, -0.2) is 64.5 Å². The van der Waals surface area contributed by atoms with Crippen LogP contribution in [0.25, 0.3) is 0 Å². The SMILES string of the molecule is CN(C)CCOCCOCCOC(=O)c1ccccc1Nc1cccc(C(F)(F)F)c1. The summed E-state index contributed by atoms with van der Waals surface area (Å²) in [6, 6.07) is 11.2. The lowest BCUT2D eigenvalue weighted by atomic mass is 10.1. The van der Waals surface area contributed by atoms with Gasteiger partial charge in [-0.1, -0.05) is 18.2 Å². The maximum Gasteiger partial charge on any atom is 0.416 e. The van der Waals surface area contributed by atoms with Crippen LogP contribution in [0.5, 0.6) is 0 Å². The third kappa shape index (κ3) is 8.95. The normalized spacial score (nSPS) is 11.5. The molecule has 0 aliphatic carbocycles. The Morgan fingerprint density at radius 1 is 0.935 bits per heavy atom. The summed E-state index contributed by atoms with van der Waals surface area (Å²) in [5.74, 6) is -0.596. The highest BCUT2D eigenvalue weighted by molar-refractivity contribution is 5.96. The average Bonchev–Trinajstić information content (AvgIpc) is 2.72. The van der Waals surface area contributed by atoms with Crippen LogP contribution in [-0.2, 0) is 20.4 Å². The van der Waals surface area contributed by atoms with Crippen molar-refractivity contribution in [2.75, 3.05) is 59.0 Å². The summed E-state index contributed by atoms with van der Waals surface area (Å²) in [6.45, 7) is 2.54. The molecule has 0 aliphatic heterocycles. The van der Waals surface area contributed by atoms with Gasteiger partial charge in [0.05, 0.1) is 43.2 Å². The Morgan fingerprint density at radius 3 is 2.32 bits per heavy atom. The number of ether oxygens (including phenoxy) is 3. The summed E-state index contributed by atoms with van der Waals surface area (Å²) in [7, 11) is 3.92. The molecule has 2 aromatic carbocycles. The molecule has 0 saturated heterocycles. The first-order valence-electron chi connectivity index (χ1n) is 9.78. The predicted molar refractivity (Wildman–Crippen MR) is 112 cm³/mol. The lowest BCUT2D eigenvalue weighted by Crippen LogP contribution is -2.19. The van der Waals surface area contributed by atoms with E-state index in [1.165, 1.54) is 18.2 Å². The van der Waals surface area contributed by atoms with Gasteiger partial charge in [0.2, 0.25) is 0 Å². The molecular formula is C22H27F3N2O4. The van der Waals surface area contributed by atoms with Crippen LogP contribution >= 0.6 is 0 Å². The Hall–Kier alpha value is -2.62. The molecule has 0 aromatic heterocycles. The molecule has 0 bridgehead atoms. The Bertz CT molecular complexity index is 828. The fourth-order valence-electron chi connectivity index (χ4n) is 2.54. The topological polar surface area (TPSA) is 60.0 Å². The van der Waals surface area contributed by atoms with Crippen molar-refractivity contribution in [3.63, 3.8) is 0 Å². The van der Waals surface area contributed by atoms with Gasteiger partial charge in [-0.15, -0.1) is 0 Å². The number of hydrogen-bond donors (Lipinski definition) is 1. The second-order valence-corrected chi connectivity index (χ2v) is 6.91. The molecule has 6 nitrogen and oxygen atoms in total. The maximum atomic E-state index is 12.9. The molecule has 0 heterocycles. The quantitative estimate of drug-likeness (QED) is 0.394. The van der Waals surface area contributed by atoms with E-state index in [1.807, 2.05) is 19.0 Å². The number of nitrogens with one attached hydrogen (secondary N) is 1. The van der Waals surface area contributed by atoms with Crippen molar-refractivity contribution in [3.8, 4) is 0 Å². The van der Waals surface area contributed by atoms with Gasteiger partial charge in [0.1, 0.15) is 6.61 Å². The highest BCUT2D eigenvalue weighted by Crippen LogP contribution is 2.31. The molecule has 9 heteroatoms. The minimum Gasteiger partial charge on any atom is -0.460 e. The van der Waals surface area contributed by atoms with Crippen LogP contribution in [0.2, 0.25) is 0 Å². The minimum atomic E-state index is -4.45. The van der Waals surface area contributed by atoms with Crippen molar-refractivity contribution in [3.05, 3.63) is 59.7 Å². The smallest absolute Gasteiger partial charge is 0.416 e. The number of para-hydroxylation sites is 1. The zero-order chi connectivity index (χ0) is 22.7. The van der Waals surface area contributed by atoms with Crippen molar-refractivity contribution >= 4 is 17.3 Å². The van der Waals surface area contributed by atoms with E-state index in [0.29, 0.717) is 25.5 Å². The van der Waals surface area contributed by atoms with Crippen molar-refractivity contribution in [1.29, 1.82) is 0 Å². The summed E-state index contributed by atoms with van der Waals surface area (Å²) in [5, 5.41) is 2.85. The van der Waals surface area contributed by atoms with Gasteiger partial charge >= 0.3 is 12.1 Å². The highest BCUT2D eigenvalue weighted by atomic mass is 19.4. The number of carbonyl (C=O) groups is 1. The average molecular weight is 440 g/mol. The number of alkyl halides is 3. The van der Waals surface area contributed by atoms with Gasteiger partial charge in [0, 0.05) is 12.2 Å². The Balaban J connectivity index is 1.82. The molecule has 170 valence electrons. The van der Waals surface area contributed by atoms with Gasteiger partial charge in [0.25, 0.3) is 0 Å². The van der Waals surface area contributed by atoms with E-state index in [1.54, 1.807) is 18.2 Å². The van der Waals surface area contributed by atoms with Crippen molar-refractivity contribution in [1.82, 2.24) is 4.90 Å². The van der Waals surface area contributed by atoms with Gasteiger partial charge in [0.15, 0.2) is 0 Å². The third-order valence-electron chi connectivity index (χ3n) is 4.13. The highest BCUT2D eigenvalue weighted by Gasteiger charge is 2.30. The molecule has 0 fully saturated rings. The summed E-state index contributed by atoms with van der Waals surface area (Å²) < 4.78 is 54.7. The molecule has 2 rings (SSSR count). The molecular weight excluding hydrogens is 413 g/mol. The zero-order valence-electron chi connectivity index (χ0n) is 17.6.